The second kappa shape index (κ2) is 9.38. The molecule has 0 atom stereocenters. The zero-order chi connectivity index (χ0) is 25.3. The maximum atomic E-state index is 4.84. The molecule has 0 bridgehead atoms. The highest BCUT2D eigenvalue weighted by Crippen LogP contribution is 2.44. The molecule has 0 radical (unpaired) electrons. The third-order valence-electron chi connectivity index (χ3n) is 7.01. The number of nitrogens with zero attached hydrogens (tertiary/aromatic N) is 3. The maximum Gasteiger partial charge on any atom is 0.163 e. The smallest absolute Gasteiger partial charge is 0.163 e. The van der Waals surface area contributed by atoms with E-state index in [0.29, 0.717) is 11.6 Å². The van der Waals surface area contributed by atoms with Gasteiger partial charge in [-0.25, -0.2) is 15.0 Å². The van der Waals surface area contributed by atoms with Gasteiger partial charge in [0, 0.05) is 11.1 Å². The Morgan fingerprint density at radius 3 is 1.37 bits per heavy atom. The van der Waals surface area contributed by atoms with Crippen LogP contribution in [0, 0.1) is 0 Å². The van der Waals surface area contributed by atoms with Crippen LogP contribution in [0.4, 0.5) is 0 Å². The average molecular weight is 486 g/mol. The highest BCUT2D eigenvalue weighted by Gasteiger charge is 2.18. The van der Waals surface area contributed by atoms with Crippen molar-refractivity contribution in [2.45, 2.75) is 0 Å². The molecule has 0 aliphatic heterocycles. The fraction of sp³-hybridized carbons (Fsp3) is 0. The molecule has 0 aliphatic rings. The van der Waals surface area contributed by atoms with E-state index < -0.39 is 0 Å². The molecule has 7 aromatic rings. The number of hydrogen-bond donors (Lipinski definition) is 0. The Kier molecular flexibility index (Phi) is 5.45. The highest BCUT2D eigenvalue weighted by molar-refractivity contribution is 6.21. The standard InChI is InChI=1S/C35H23N3/c1-4-12-24(13-5-1)32-28-18-10-11-19-29(28)33(25-14-6-2-7-15-25)31-22-27(20-21-30(31)32)35-37-23-36-34(38-35)26-16-8-3-9-17-26/h1-23H. The molecule has 0 amide bonds. The van der Waals surface area contributed by atoms with Gasteiger partial charge in [-0.2, -0.15) is 0 Å². The van der Waals surface area contributed by atoms with Gasteiger partial charge in [-0.3, -0.25) is 0 Å². The first kappa shape index (κ1) is 22.1. The summed E-state index contributed by atoms with van der Waals surface area (Å²) in [6.45, 7) is 0. The number of hydrogen-bond acceptors (Lipinski definition) is 3. The maximum absolute atomic E-state index is 4.84. The van der Waals surface area contributed by atoms with Crippen molar-refractivity contribution in [3.63, 3.8) is 0 Å². The summed E-state index contributed by atoms with van der Waals surface area (Å²) in [7, 11) is 0. The fourth-order valence-electron chi connectivity index (χ4n) is 5.31. The largest absolute Gasteiger partial charge is 0.217 e. The summed E-state index contributed by atoms with van der Waals surface area (Å²) in [5, 5.41) is 4.84. The fourth-order valence-corrected chi connectivity index (χ4v) is 5.31. The van der Waals surface area contributed by atoms with Crippen LogP contribution in [0.3, 0.4) is 0 Å². The lowest BCUT2D eigenvalue weighted by atomic mass is 9.85. The highest BCUT2D eigenvalue weighted by atomic mass is 15.0. The first-order valence-corrected chi connectivity index (χ1v) is 12.7. The first-order chi connectivity index (χ1) is 18.9. The van der Waals surface area contributed by atoms with Crippen LogP contribution in [-0.4, -0.2) is 15.0 Å². The number of aromatic nitrogens is 3. The van der Waals surface area contributed by atoms with E-state index in [0.717, 1.165) is 11.1 Å². The van der Waals surface area contributed by atoms with Crippen molar-refractivity contribution in [3.05, 3.63) is 140 Å². The van der Waals surface area contributed by atoms with E-state index in [1.165, 1.54) is 43.8 Å². The minimum atomic E-state index is 0.661. The van der Waals surface area contributed by atoms with E-state index in [4.69, 9.17) is 4.98 Å². The summed E-state index contributed by atoms with van der Waals surface area (Å²) < 4.78 is 0. The van der Waals surface area contributed by atoms with Gasteiger partial charge >= 0.3 is 0 Å². The second-order valence-corrected chi connectivity index (χ2v) is 9.29. The van der Waals surface area contributed by atoms with Crippen LogP contribution in [0.5, 0.6) is 0 Å². The lowest BCUT2D eigenvalue weighted by molar-refractivity contribution is 1.07. The Balaban J connectivity index is 1.55. The molecule has 0 fully saturated rings. The van der Waals surface area contributed by atoms with Crippen LogP contribution in [0.2, 0.25) is 0 Å². The van der Waals surface area contributed by atoms with Crippen molar-refractivity contribution in [2.75, 3.05) is 0 Å². The van der Waals surface area contributed by atoms with E-state index in [9.17, 15) is 0 Å². The molecular weight excluding hydrogens is 462 g/mol. The molecule has 1 heterocycles. The molecule has 3 heteroatoms. The molecule has 3 nitrogen and oxygen atoms in total. The van der Waals surface area contributed by atoms with E-state index >= 15 is 0 Å². The topological polar surface area (TPSA) is 38.7 Å². The summed E-state index contributed by atoms with van der Waals surface area (Å²) in [6, 6.07) is 46.6. The first-order valence-electron chi connectivity index (χ1n) is 12.7. The molecular formula is C35H23N3. The summed E-state index contributed by atoms with van der Waals surface area (Å²) in [4.78, 5) is 13.8. The molecule has 0 spiro atoms. The average Bonchev–Trinajstić information content (AvgIpc) is 3.01. The van der Waals surface area contributed by atoms with Crippen LogP contribution in [0.1, 0.15) is 0 Å². The summed E-state index contributed by atoms with van der Waals surface area (Å²) in [5.41, 5.74) is 6.78. The van der Waals surface area contributed by atoms with Crippen LogP contribution in [0.25, 0.3) is 66.6 Å². The van der Waals surface area contributed by atoms with Crippen molar-refractivity contribution >= 4 is 21.5 Å². The van der Waals surface area contributed by atoms with E-state index in [-0.39, 0.29) is 0 Å². The van der Waals surface area contributed by atoms with Crippen LogP contribution < -0.4 is 0 Å². The van der Waals surface area contributed by atoms with Crippen LogP contribution in [-0.2, 0) is 0 Å². The van der Waals surface area contributed by atoms with Crippen molar-refractivity contribution in [1.82, 2.24) is 15.0 Å². The molecule has 7 rings (SSSR count). The van der Waals surface area contributed by atoms with Crippen LogP contribution >= 0.6 is 0 Å². The van der Waals surface area contributed by atoms with Crippen molar-refractivity contribution in [2.24, 2.45) is 0 Å². The van der Waals surface area contributed by atoms with Gasteiger partial charge in [-0.05, 0) is 49.9 Å². The molecule has 38 heavy (non-hydrogen) atoms. The molecule has 0 saturated heterocycles. The number of rotatable bonds is 4. The second-order valence-electron chi connectivity index (χ2n) is 9.29. The predicted octanol–water partition coefficient (Wildman–Crippen LogP) is 8.85. The van der Waals surface area contributed by atoms with Gasteiger partial charge in [-0.1, -0.05) is 127 Å². The minimum absolute atomic E-state index is 0.661. The Morgan fingerprint density at radius 1 is 0.342 bits per heavy atom. The Labute approximate surface area is 221 Å². The van der Waals surface area contributed by atoms with Crippen molar-refractivity contribution in [3.8, 4) is 45.0 Å². The zero-order valence-electron chi connectivity index (χ0n) is 20.6. The SMILES string of the molecule is c1ccc(-c2ncnc(-c3ccc4c(-c5ccccc5)c5ccccc5c(-c5ccccc5)c4c3)n2)cc1. The third kappa shape index (κ3) is 3.82. The molecule has 0 unspecified atom stereocenters. The normalized spacial score (nSPS) is 11.2. The third-order valence-corrected chi connectivity index (χ3v) is 7.01. The summed E-state index contributed by atoms with van der Waals surface area (Å²) in [6.07, 6.45) is 1.60. The number of fused-ring (bicyclic) bond motifs is 2. The van der Waals surface area contributed by atoms with Crippen molar-refractivity contribution in [1.29, 1.82) is 0 Å². The molecule has 0 N–H and O–H groups in total. The summed E-state index contributed by atoms with van der Waals surface area (Å²) >= 11 is 0. The molecule has 178 valence electrons. The Bertz CT molecular complexity index is 1900. The van der Waals surface area contributed by atoms with Gasteiger partial charge in [0.05, 0.1) is 0 Å². The summed E-state index contributed by atoms with van der Waals surface area (Å²) in [5.74, 6) is 1.33. The monoisotopic (exact) mass is 485 g/mol. The lowest BCUT2D eigenvalue weighted by Crippen LogP contribution is -1.96. The van der Waals surface area contributed by atoms with Gasteiger partial charge in [-0.15, -0.1) is 0 Å². The van der Waals surface area contributed by atoms with E-state index in [1.54, 1.807) is 6.33 Å². The zero-order valence-corrected chi connectivity index (χ0v) is 20.6. The quantitative estimate of drug-likeness (QED) is 0.234. The van der Waals surface area contributed by atoms with Gasteiger partial charge in [0.1, 0.15) is 6.33 Å². The molecule has 0 aliphatic carbocycles. The van der Waals surface area contributed by atoms with E-state index in [1.807, 2.05) is 30.3 Å². The van der Waals surface area contributed by atoms with Gasteiger partial charge < -0.3 is 0 Å². The minimum Gasteiger partial charge on any atom is -0.217 e. The van der Waals surface area contributed by atoms with Crippen LogP contribution in [0.15, 0.2) is 140 Å². The van der Waals surface area contributed by atoms with Crippen molar-refractivity contribution < 1.29 is 0 Å². The van der Waals surface area contributed by atoms with Gasteiger partial charge in [0.15, 0.2) is 11.6 Å². The van der Waals surface area contributed by atoms with Gasteiger partial charge in [0.2, 0.25) is 0 Å². The molecule has 0 saturated carbocycles. The molecule has 6 aromatic carbocycles. The van der Waals surface area contributed by atoms with Gasteiger partial charge in [0.25, 0.3) is 0 Å². The van der Waals surface area contributed by atoms with E-state index in [2.05, 4.69) is 113 Å². The Hall–Kier alpha value is -5.15. The molecule has 1 aromatic heterocycles. The predicted molar refractivity (Wildman–Crippen MR) is 157 cm³/mol. The number of benzene rings is 6. The Morgan fingerprint density at radius 2 is 0.789 bits per heavy atom. The lowest BCUT2D eigenvalue weighted by Gasteiger charge is -2.18.